The lowest BCUT2D eigenvalue weighted by Crippen LogP contribution is -2.51. The molecule has 9 heteroatoms. The van der Waals surface area contributed by atoms with Crippen LogP contribution >= 0.6 is 0 Å². The van der Waals surface area contributed by atoms with E-state index in [-0.39, 0.29) is 24.2 Å². The molecule has 142 valence electrons. The molecule has 0 unspecified atom stereocenters. The number of nitrogens with zero attached hydrogens (tertiary/aromatic N) is 3. The number of carbonyl (C=O) groups is 2. The maximum Gasteiger partial charge on any atom is 0.410 e. The van der Waals surface area contributed by atoms with E-state index in [1.807, 2.05) is 25.7 Å². The van der Waals surface area contributed by atoms with E-state index in [2.05, 4.69) is 5.32 Å². The van der Waals surface area contributed by atoms with Gasteiger partial charge < -0.3 is 15.0 Å². The predicted octanol–water partition coefficient (Wildman–Crippen LogP) is 2.09. The summed E-state index contributed by atoms with van der Waals surface area (Å²) in [5.41, 5.74) is -0.0481. The van der Waals surface area contributed by atoms with Crippen molar-refractivity contribution >= 4 is 23.4 Å². The molecule has 2 rings (SSSR count). The maximum atomic E-state index is 12.1. The van der Waals surface area contributed by atoms with E-state index in [0.29, 0.717) is 31.9 Å². The second-order valence-electron chi connectivity index (χ2n) is 7.10. The van der Waals surface area contributed by atoms with E-state index in [1.54, 1.807) is 4.90 Å². The van der Waals surface area contributed by atoms with Crippen LogP contribution < -0.4 is 5.32 Å². The molecule has 1 aliphatic rings. The quantitative estimate of drug-likeness (QED) is 0.648. The Bertz CT molecular complexity index is 661. The molecule has 0 saturated carbocycles. The van der Waals surface area contributed by atoms with E-state index in [9.17, 15) is 19.7 Å². The van der Waals surface area contributed by atoms with Gasteiger partial charge in [0.2, 0.25) is 5.91 Å². The van der Waals surface area contributed by atoms with Gasteiger partial charge in [-0.25, -0.2) is 4.79 Å². The Labute approximate surface area is 152 Å². The highest BCUT2D eigenvalue weighted by atomic mass is 16.6. The summed E-state index contributed by atoms with van der Waals surface area (Å²) in [5.74, 6) is -0.204. The van der Waals surface area contributed by atoms with Crippen molar-refractivity contribution in [1.82, 2.24) is 9.80 Å². The second-order valence-corrected chi connectivity index (χ2v) is 7.10. The minimum Gasteiger partial charge on any atom is -0.444 e. The van der Waals surface area contributed by atoms with Crippen molar-refractivity contribution in [2.24, 2.45) is 0 Å². The summed E-state index contributed by atoms with van der Waals surface area (Å²) in [6, 6.07) is 5.68. The van der Waals surface area contributed by atoms with Gasteiger partial charge in [-0.1, -0.05) is 0 Å². The topological polar surface area (TPSA) is 105 Å². The number of nitro groups is 1. The van der Waals surface area contributed by atoms with Crippen molar-refractivity contribution in [2.45, 2.75) is 26.4 Å². The van der Waals surface area contributed by atoms with Gasteiger partial charge in [0.15, 0.2) is 0 Å². The number of piperazine rings is 1. The van der Waals surface area contributed by atoms with E-state index in [1.165, 1.54) is 24.3 Å². The summed E-state index contributed by atoms with van der Waals surface area (Å²) in [4.78, 5) is 37.8. The van der Waals surface area contributed by atoms with Crippen molar-refractivity contribution in [3.63, 3.8) is 0 Å². The Morgan fingerprint density at radius 2 is 1.73 bits per heavy atom. The number of non-ortho nitro benzene ring substituents is 1. The summed E-state index contributed by atoms with van der Waals surface area (Å²) < 4.78 is 5.34. The zero-order valence-corrected chi connectivity index (χ0v) is 15.2. The molecule has 1 aromatic carbocycles. The molecule has 2 amide bonds. The summed E-state index contributed by atoms with van der Waals surface area (Å²) in [6.45, 7) is 7.81. The molecule has 26 heavy (non-hydrogen) atoms. The van der Waals surface area contributed by atoms with Crippen LogP contribution in [0.5, 0.6) is 0 Å². The van der Waals surface area contributed by atoms with E-state index in [4.69, 9.17) is 4.74 Å². The molecule has 0 atom stereocenters. The number of nitro benzene ring substituents is 1. The zero-order valence-electron chi connectivity index (χ0n) is 15.2. The Morgan fingerprint density at radius 1 is 1.15 bits per heavy atom. The van der Waals surface area contributed by atoms with Gasteiger partial charge in [-0.05, 0) is 32.9 Å². The number of carbonyl (C=O) groups excluding carboxylic acids is 2. The first kappa shape index (κ1) is 19.6. The smallest absolute Gasteiger partial charge is 0.410 e. The van der Waals surface area contributed by atoms with Crippen molar-refractivity contribution < 1.29 is 19.2 Å². The molecule has 0 radical (unpaired) electrons. The van der Waals surface area contributed by atoms with Crippen LogP contribution in [0.3, 0.4) is 0 Å². The van der Waals surface area contributed by atoms with Crippen molar-refractivity contribution in [3.8, 4) is 0 Å². The lowest BCUT2D eigenvalue weighted by molar-refractivity contribution is -0.384. The van der Waals surface area contributed by atoms with Gasteiger partial charge in [0.25, 0.3) is 5.69 Å². The SMILES string of the molecule is CC(C)(C)OC(=O)N1CCN(CC(=O)Nc2ccc([N+](=O)[O-])cc2)CC1. The van der Waals surface area contributed by atoms with E-state index >= 15 is 0 Å². The fourth-order valence-electron chi connectivity index (χ4n) is 2.49. The van der Waals surface area contributed by atoms with Gasteiger partial charge in [0.1, 0.15) is 5.60 Å². The minimum atomic E-state index is -0.529. The Balaban J connectivity index is 1.77. The van der Waals surface area contributed by atoms with Crippen LogP contribution in [0, 0.1) is 10.1 Å². The Kier molecular flexibility index (Phi) is 6.14. The number of rotatable bonds is 4. The van der Waals surface area contributed by atoms with Gasteiger partial charge in [-0.15, -0.1) is 0 Å². The van der Waals surface area contributed by atoms with Gasteiger partial charge >= 0.3 is 6.09 Å². The molecule has 1 aromatic rings. The molecule has 1 aliphatic heterocycles. The lowest BCUT2D eigenvalue weighted by atomic mass is 10.2. The third kappa shape index (κ3) is 5.99. The number of hydrogen-bond acceptors (Lipinski definition) is 6. The lowest BCUT2D eigenvalue weighted by Gasteiger charge is -2.35. The van der Waals surface area contributed by atoms with Gasteiger partial charge in [-0.3, -0.25) is 19.8 Å². The van der Waals surface area contributed by atoms with Crippen molar-refractivity contribution in [2.75, 3.05) is 38.0 Å². The number of ether oxygens (including phenoxy) is 1. The standard InChI is InChI=1S/C17H24N4O5/c1-17(2,3)26-16(23)20-10-8-19(9-11-20)12-15(22)18-13-4-6-14(7-5-13)21(24)25/h4-7H,8-12H2,1-3H3,(H,18,22). The summed E-state index contributed by atoms with van der Waals surface area (Å²) in [6.07, 6.45) is -0.340. The van der Waals surface area contributed by atoms with Crippen LogP contribution in [0.25, 0.3) is 0 Å². The van der Waals surface area contributed by atoms with Crippen molar-refractivity contribution in [1.29, 1.82) is 0 Å². The molecular weight excluding hydrogens is 340 g/mol. The molecule has 1 N–H and O–H groups in total. The normalized spacial score (nSPS) is 15.4. The van der Waals surface area contributed by atoms with Crippen LogP contribution in [-0.4, -0.2) is 65.0 Å². The molecule has 1 fully saturated rings. The molecule has 1 saturated heterocycles. The van der Waals surface area contributed by atoms with E-state index < -0.39 is 10.5 Å². The number of hydrogen-bond donors (Lipinski definition) is 1. The number of nitrogens with one attached hydrogen (secondary N) is 1. The fraction of sp³-hybridized carbons (Fsp3) is 0.529. The first-order valence-electron chi connectivity index (χ1n) is 8.38. The number of anilines is 1. The molecular formula is C17H24N4O5. The van der Waals surface area contributed by atoms with Crippen LogP contribution in [0.1, 0.15) is 20.8 Å². The third-order valence-corrected chi connectivity index (χ3v) is 3.75. The first-order chi connectivity index (χ1) is 12.1. The highest BCUT2D eigenvalue weighted by Crippen LogP contribution is 2.16. The number of amides is 2. The minimum absolute atomic E-state index is 0.0266. The molecule has 1 heterocycles. The molecule has 0 aliphatic carbocycles. The van der Waals surface area contributed by atoms with Gasteiger partial charge in [-0.2, -0.15) is 0 Å². The maximum absolute atomic E-state index is 12.1. The Hall–Kier alpha value is -2.68. The fourth-order valence-corrected chi connectivity index (χ4v) is 2.49. The summed E-state index contributed by atoms with van der Waals surface area (Å²) in [7, 11) is 0. The third-order valence-electron chi connectivity index (χ3n) is 3.75. The largest absolute Gasteiger partial charge is 0.444 e. The summed E-state index contributed by atoms with van der Waals surface area (Å²) >= 11 is 0. The average Bonchev–Trinajstić information content (AvgIpc) is 2.54. The van der Waals surface area contributed by atoms with Crippen molar-refractivity contribution in [3.05, 3.63) is 34.4 Å². The van der Waals surface area contributed by atoms with Gasteiger partial charge in [0, 0.05) is 44.0 Å². The highest BCUT2D eigenvalue weighted by Gasteiger charge is 2.26. The zero-order chi connectivity index (χ0) is 19.3. The number of benzene rings is 1. The molecule has 9 nitrogen and oxygen atoms in total. The first-order valence-corrected chi connectivity index (χ1v) is 8.38. The summed E-state index contributed by atoms with van der Waals surface area (Å²) in [5, 5.41) is 13.3. The average molecular weight is 364 g/mol. The van der Waals surface area contributed by atoms with Crippen LogP contribution in [0.15, 0.2) is 24.3 Å². The van der Waals surface area contributed by atoms with Crippen LogP contribution in [0.4, 0.5) is 16.2 Å². The molecule has 0 spiro atoms. The van der Waals surface area contributed by atoms with E-state index in [0.717, 1.165) is 0 Å². The molecule has 0 aromatic heterocycles. The van der Waals surface area contributed by atoms with Crippen LogP contribution in [-0.2, 0) is 9.53 Å². The second kappa shape index (κ2) is 8.13. The van der Waals surface area contributed by atoms with Crippen LogP contribution in [0.2, 0.25) is 0 Å². The van der Waals surface area contributed by atoms with Gasteiger partial charge in [0.05, 0.1) is 11.5 Å². The molecule has 0 bridgehead atoms. The predicted molar refractivity (Wildman–Crippen MR) is 96.0 cm³/mol. The monoisotopic (exact) mass is 364 g/mol. The Morgan fingerprint density at radius 3 is 2.23 bits per heavy atom. The highest BCUT2D eigenvalue weighted by molar-refractivity contribution is 5.92.